The molecule has 2 aromatic rings. The van der Waals surface area contributed by atoms with Crippen LogP contribution in [0.1, 0.15) is 12.8 Å². The third-order valence-corrected chi connectivity index (χ3v) is 4.21. The molecule has 1 N–H and O–H groups in total. The van der Waals surface area contributed by atoms with Gasteiger partial charge in [0.05, 0.1) is 10.2 Å². The Balaban J connectivity index is 1.75. The Morgan fingerprint density at radius 1 is 1.41 bits per heavy atom. The number of benzene rings is 1. The number of anilines is 1. The first-order valence-electron chi connectivity index (χ1n) is 6.12. The second kappa shape index (κ2) is 4.63. The van der Waals surface area contributed by atoms with E-state index in [9.17, 15) is 0 Å². The van der Waals surface area contributed by atoms with Crippen LogP contribution in [0.4, 0.5) is 5.13 Å². The smallest absolute Gasteiger partial charge is 0.184 e. The van der Waals surface area contributed by atoms with Crippen molar-refractivity contribution in [1.29, 1.82) is 0 Å². The van der Waals surface area contributed by atoms with Crippen molar-refractivity contribution >= 4 is 26.7 Å². The molecule has 1 aliphatic rings. The molecule has 1 unspecified atom stereocenters. The maximum absolute atomic E-state index is 4.62. The fraction of sp³-hybridized carbons (Fsp3) is 0.462. The van der Waals surface area contributed by atoms with Crippen LogP contribution in [-0.4, -0.2) is 36.1 Å². The number of piperidine rings is 1. The molecule has 17 heavy (non-hydrogen) atoms. The molecule has 0 radical (unpaired) electrons. The monoisotopic (exact) mass is 247 g/mol. The molecule has 1 atom stereocenters. The van der Waals surface area contributed by atoms with Crippen molar-refractivity contribution in [2.24, 2.45) is 0 Å². The summed E-state index contributed by atoms with van der Waals surface area (Å²) in [5.41, 5.74) is 1.10. The van der Waals surface area contributed by atoms with Gasteiger partial charge in [-0.25, -0.2) is 4.98 Å². The Hall–Kier alpha value is -1.13. The minimum absolute atomic E-state index is 0.550. The molecule has 1 aromatic carbocycles. The highest BCUT2D eigenvalue weighted by Gasteiger charge is 2.17. The van der Waals surface area contributed by atoms with Crippen molar-refractivity contribution in [3.63, 3.8) is 0 Å². The molecule has 0 aliphatic carbocycles. The zero-order valence-electron chi connectivity index (χ0n) is 10.0. The number of likely N-dealkylation sites (tertiary alicyclic amines) is 1. The van der Waals surface area contributed by atoms with Crippen molar-refractivity contribution in [3.8, 4) is 0 Å². The van der Waals surface area contributed by atoms with Gasteiger partial charge in [-0.15, -0.1) is 0 Å². The number of rotatable bonds is 2. The van der Waals surface area contributed by atoms with Crippen LogP contribution in [0.15, 0.2) is 24.3 Å². The molecular formula is C13H17N3S. The average Bonchev–Trinajstić information content (AvgIpc) is 2.71. The van der Waals surface area contributed by atoms with Gasteiger partial charge in [-0.05, 0) is 38.6 Å². The molecule has 0 spiro atoms. The Kier molecular flexibility index (Phi) is 2.99. The van der Waals surface area contributed by atoms with Gasteiger partial charge >= 0.3 is 0 Å². The lowest BCUT2D eigenvalue weighted by Gasteiger charge is -2.29. The predicted molar refractivity (Wildman–Crippen MR) is 73.8 cm³/mol. The standard InChI is InChI=1S/C13H17N3S/c1-16-8-4-5-10(9-16)14-13-15-11-6-2-3-7-12(11)17-13/h2-3,6-7,10H,4-5,8-9H2,1H3,(H,14,15). The van der Waals surface area contributed by atoms with Crippen molar-refractivity contribution in [2.75, 3.05) is 25.5 Å². The number of hydrogen-bond acceptors (Lipinski definition) is 4. The summed E-state index contributed by atoms with van der Waals surface area (Å²) in [5, 5.41) is 4.63. The fourth-order valence-corrected chi connectivity index (χ4v) is 3.34. The molecule has 0 amide bonds. The summed E-state index contributed by atoms with van der Waals surface area (Å²) < 4.78 is 1.26. The molecule has 0 bridgehead atoms. The van der Waals surface area contributed by atoms with E-state index in [0.29, 0.717) is 6.04 Å². The molecular weight excluding hydrogens is 230 g/mol. The van der Waals surface area contributed by atoms with E-state index in [0.717, 1.165) is 17.2 Å². The van der Waals surface area contributed by atoms with Gasteiger partial charge in [0.1, 0.15) is 0 Å². The number of likely N-dealkylation sites (N-methyl/N-ethyl adjacent to an activating group) is 1. The summed E-state index contributed by atoms with van der Waals surface area (Å²) >= 11 is 1.75. The molecule has 1 saturated heterocycles. The Morgan fingerprint density at radius 2 is 2.29 bits per heavy atom. The Labute approximate surface area is 105 Å². The number of nitrogens with zero attached hydrogens (tertiary/aromatic N) is 2. The second-order valence-corrected chi connectivity index (χ2v) is 5.76. The van der Waals surface area contributed by atoms with Crippen LogP contribution < -0.4 is 5.32 Å². The molecule has 3 rings (SSSR count). The molecule has 4 heteroatoms. The Bertz CT molecular complexity index is 475. The zero-order chi connectivity index (χ0) is 11.7. The highest BCUT2D eigenvalue weighted by molar-refractivity contribution is 7.22. The van der Waals surface area contributed by atoms with Crippen LogP contribution in [0.2, 0.25) is 0 Å². The normalized spacial score (nSPS) is 21.8. The SMILES string of the molecule is CN1CCCC(Nc2nc3ccccc3s2)C1. The average molecular weight is 247 g/mol. The van der Waals surface area contributed by atoms with Gasteiger partial charge in [0.25, 0.3) is 0 Å². The first-order chi connectivity index (χ1) is 8.31. The highest BCUT2D eigenvalue weighted by Crippen LogP contribution is 2.26. The van der Waals surface area contributed by atoms with Gasteiger partial charge in [0.2, 0.25) is 0 Å². The van der Waals surface area contributed by atoms with E-state index >= 15 is 0 Å². The van der Waals surface area contributed by atoms with Crippen LogP contribution in [0, 0.1) is 0 Å². The van der Waals surface area contributed by atoms with E-state index in [4.69, 9.17) is 0 Å². The zero-order valence-corrected chi connectivity index (χ0v) is 10.8. The molecule has 3 nitrogen and oxygen atoms in total. The van der Waals surface area contributed by atoms with Gasteiger partial charge in [-0.3, -0.25) is 0 Å². The first kappa shape index (κ1) is 11.0. The third kappa shape index (κ3) is 2.42. The highest BCUT2D eigenvalue weighted by atomic mass is 32.1. The molecule has 1 aliphatic heterocycles. The van der Waals surface area contributed by atoms with E-state index in [2.05, 4.69) is 40.4 Å². The molecule has 2 heterocycles. The maximum Gasteiger partial charge on any atom is 0.184 e. The number of fused-ring (bicyclic) bond motifs is 1. The topological polar surface area (TPSA) is 28.2 Å². The van der Waals surface area contributed by atoms with Crippen LogP contribution in [-0.2, 0) is 0 Å². The summed E-state index contributed by atoms with van der Waals surface area (Å²) in [6.07, 6.45) is 2.53. The maximum atomic E-state index is 4.62. The lowest BCUT2D eigenvalue weighted by atomic mass is 10.1. The summed E-state index contributed by atoms with van der Waals surface area (Å²) in [4.78, 5) is 7.00. The van der Waals surface area contributed by atoms with Crippen molar-refractivity contribution < 1.29 is 0 Å². The van der Waals surface area contributed by atoms with Gasteiger partial charge in [0, 0.05) is 12.6 Å². The first-order valence-corrected chi connectivity index (χ1v) is 6.93. The van der Waals surface area contributed by atoms with Crippen molar-refractivity contribution in [1.82, 2.24) is 9.88 Å². The summed E-state index contributed by atoms with van der Waals surface area (Å²) in [6, 6.07) is 8.86. The van der Waals surface area contributed by atoms with E-state index in [1.54, 1.807) is 11.3 Å². The van der Waals surface area contributed by atoms with Crippen LogP contribution in [0.3, 0.4) is 0 Å². The van der Waals surface area contributed by atoms with Crippen LogP contribution >= 0.6 is 11.3 Å². The number of aromatic nitrogens is 1. The second-order valence-electron chi connectivity index (χ2n) is 4.73. The van der Waals surface area contributed by atoms with Crippen LogP contribution in [0.5, 0.6) is 0 Å². The van der Waals surface area contributed by atoms with Gasteiger partial charge < -0.3 is 10.2 Å². The number of thiazole rings is 1. The summed E-state index contributed by atoms with van der Waals surface area (Å²) in [5.74, 6) is 0. The largest absolute Gasteiger partial charge is 0.357 e. The van der Waals surface area contributed by atoms with E-state index < -0.39 is 0 Å². The number of hydrogen-bond donors (Lipinski definition) is 1. The van der Waals surface area contributed by atoms with E-state index in [1.165, 1.54) is 24.1 Å². The quantitative estimate of drug-likeness (QED) is 0.884. The van der Waals surface area contributed by atoms with Gasteiger partial charge in [0.15, 0.2) is 5.13 Å². The van der Waals surface area contributed by atoms with Gasteiger partial charge in [-0.1, -0.05) is 23.5 Å². The summed E-state index contributed by atoms with van der Waals surface area (Å²) in [7, 11) is 2.19. The molecule has 1 fully saturated rings. The Morgan fingerprint density at radius 3 is 3.12 bits per heavy atom. The summed E-state index contributed by atoms with van der Waals surface area (Å²) in [6.45, 7) is 2.34. The van der Waals surface area contributed by atoms with Crippen LogP contribution in [0.25, 0.3) is 10.2 Å². The number of para-hydroxylation sites is 1. The molecule has 90 valence electrons. The third-order valence-electron chi connectivity index (χ3n) is 3.25. The lowest BCUT2D eigenvalue weighted by molar-refractivity contribution is 0.261. The predicted octanol–water partition coefficient (Wildman–Crippen LogP) is 2.80. The minimum Gasteiger partial charge on any atom is -0.357 e. The number of nitrogens with one attached hydrogen (secondary N) is 1. The van der Waals surface area contributed by atoms with Gasteiger partial charge in [-0.2, -0.15) is 0 Å². The minimum atomic E-state index is 0.550. The van der Waals surface area contributed by atoms with Crippen molar-refractivity contribution in [3.05, 3.63) is 24.3 Å². The van der Waals surface area contributed by atoms with Crippen molar-refractivity contribution in [2.45, 2.75) is 18.9 Å². The fourth-order valence-electron chi connectivity index (χ4n) is 2.39. The van der Waals surface area contributed by atoms with E-state index in [1.807, 2.05) is 6.07 Å². The molecule has 0 saturated carbocycles. The molecule has 1 aromatic heterocycles. The lowest BCUT2D eigenvalue weighted by Crippen LogP contribution is -2.39. The van der Waals surface area contributed by atoms with E-state index in [-0.39, 0.29) is 0 Å².